The van der Waals surface area contributed by atoms with E-state index < -0.39 is 24.1 Å². The van der Waals surface area contributed by atoms with Crippen LogP contribution in [0.15, 0.2) is 30.3 Å². The van der Waals surface area contributed by atoms with Gasteiger partial charge in [-0.15, -0.1) is 23.4 Å². The molecule has 0 fully saturated rings. The van der Waals surface area contributed by atoms with E-state index in [9.17, 15) is 26.3 Å². The van der Waals surface area contributed by atoms with Gasteiger partial charge in [0.25, 0.3) is 5.82 Å². The minimum Gasteiger partial charge on any atom is -0.406 e. The molecule has 0 saturated carbocycles. The number of benzene rings is 1. The van der Waals surface area contributed by atoms with Gasteiger partial charge in [-0.1, -0.05) is 11.6 Å². The van der Waals surface area contributed by atoms with E-state index in [-0.39, 0.29) is 21.9 Å². The maximum absolute atomic E-state index is 12.9. The van der Waals surface area contributed by atoms with Crippen LogP contribution in [-0.2, 0) is 6.18 Å². The highest BCUT2D eigenvalue weighted by atomic mass is 35.5. The highest BCUT2D eigenvalue weighted by molar-refractivity contribution is 6.33. The van der Waals surface area contributed by atoms with Crippen molar-refractivity contribution in [1.29, 1.82) is 0 Å². The molecule has 25 heavy (non-hydrogen) atoms. The van der Waals surface area contributed by atoms with Gasteiger partial charge in [-0.2, -0.15) is 22.8 Å². The fourth-order valence-electron chi connectivity index (χ4n) is 2.00. The molecule has 0 N–H and O–H groups in total. The van der Waals surface area contributed by atoms with Gasteiger partial charge in [0.05, 0.1) is 5.02 Å². The zero-order valence-corrected chi connectivity index (χ0v) is 12.5. The Balaban J connectivity index is 2.04. The molecule has 3 aromatic rings. The lowest BCUT2D eigenvalue weighted by Crippen LogP contribution is -2.17. The second-order valence-electron chi connectivity index (χ2n) is 4.70. The summed E-state index contributed by atoms with van der Waals surface area (Å²) in [5.41, 5.74) is -0.126. The van der Waals surface area contributed by atoms with E-state index in [4.69, 9.17) is 11.6 Å². The largest absolute Gasteiger partial charge is 0.573 e. The van der Waals surface area contributed by atoms with Crippen LogP contribution in [0.4, 0.5) is 26.3 Å². The van der Waals surface area contributed by atoms with E-state index in [2.05, 4.69) is 20.0 Å². The van der Waals surface area contributed by atoms with Crippen LogP contribution in [-0.4, -0.2) is 26.2 Å². The molecule has 0 aliphatic carbocycles. The van der Waals surface area contributed by atoms with Crippen molar-refractivity contribution in [1.82, 2.24) is 19.8 Å². The Kier molecular flexibility index (Phi) is 3.98. The number of alkyl halides is 6. The van der Waals surface area contributed by atoms with E-state index in [0.29, 0.717) is 4.52 Å². The maximum Gasteiger partial charge on any atom is 0.573 e. The number of nitrogens with zero attached hydrogens (tertiary/aromatic N) is 4. The van der Waals surface area contributed by atoms with Crippen molar-refractivity contribution in [3.05, 3.63) is 41.2 Å². The summed E-state index contributed by atoms with van der Waals surface area (Å²) in [5, 5.41) is 10.1. The van der Waals surface area contributed by atoms with Crippen LogP contribution in [0.5, 0.6) is 5.75 Å². The summed E-state index contributed by atoms with van der Waals surface area (Å²) in [6.07, 6.45) is -9.65. The lowest BCUT2D eigenvalue weighted by molar-refractivity contribution is -0.274. The third-order valence-electron chi connectivity index (χ3n) is 2.96. The van der Waals surface area contributed by atoms with Gasteiger partial charge in [0, 0.05) is 11.6 Å². The van der Waals surface area contributed by atoms with Gasteiger partial charge in [0.2, 0.25) is 0 Å². The Labute approximate surface area is 139 Å². The van der Waals surface area contributed by atoms with Crippen molar-refractivity contribution in [2.24, 2.45) is 0 Å². The van der Waals surface area contributed by atoms with E-state index >= 15 is 0 Å². The predicted octanol–water partition coefficient (Wildman–Crippen LogP) is 4.36. The molecule has 0 saturated heterocycles. The SMILES string of the molecule is FC(F)(F)Oc1ccc(-c2nn3c(C(F)(F)F)nnc3cc2Cl)cc1. The Morgan fingerprint density at radius 3 is 2.16 bits per heavy atom. The van der Waals surface area contributed by atoms with E-state index in [1.165, 1.54) is 12.1 Å². The first-order chi connectivity index (χ1) is 11.5. The minimum atomic E-state index is -4.86. The van der Waals surface area contributed by atoms with Crippen molar-refractivity contribution in [3.8, 4) is 17.0 Å². The van der Waals surface area contributed by atoms with Crippen LogP contribution in [0.2, 0.25) is 5.02 Å². The third kappa shape index (κ3) is 3.60. The lowest BCUT2D eigenvalue weighted by Gasteiger charge is -2.10. The van der Waals surface area contributed by atoms with Crippen molar-refractivity contribution in [2.75, 3.05) is 0 Å². The number of halogens is 7. The second kappa shape index (κ2) is 5.76. The van der Waals surface area contributed by atoms with E-state index in [1.807, 2.05) is 0 Å². The first kappa shape index (κ1) is 17.3. The van der Waals surface area contributed by atoms with Crippen molar-refractivity contribution >= 4 is 17.2 Å². The molecule has 1 aromatic carbocycles. The zero-order chi connectivity index (χ0) is 18.4. The van der Waals surface area contributed by atoms with Crippen LogP contribution in [0, 0.1) is 0 Å². The van der Waals surface area contributed by atoms with Crippen molar-refractivity contribution in [3.63, 3.8) is 0 Å². The molecule has 3 rings (SSSR count). The van der Waals surface area contributed by atoms with Gasteiger partial charge in [-0.05, 0) is 24.3 Å². The average molecular weight is 383 g/mol. The van der Waals surface area contributed by atoms with Gasteiger partial charge < -0.3 is 4.74 Å². The maximum atomic E-state index is 12.9. The molecule has 12 heteroatoms. The topological polar surface area (TPSA) is 52.3 Å². The quantitative estimate of drug-likeness (QED) is 0.618. The summed E-state index contributed by atoms with van der Waals surface area (Å²) in [7, 11) is 0. The highest BCUT2D eigenvalue weighted by Crippen LogP contribution is 2.32. The zero-order valence-electron chi connectivity index (χ0n) is 11.7. The summed E-state index contributed by atoms with van der Waals surface area (Å²) < 4.78 is 79.2. The van der Waals surface area contributed by atoms with Gasteiger partial charge in [0.1, 0.15) is 11.4 Å². The van der Waals surface area contributed by atoms with Crippen LogP contribution in [0.3, 0.4) is 0 Å². The predicted molar refractivity (Wildman–Crippen MR) is 72.9 cm³/mol. The standard InChI is InChI=1S/C13H5ClF6N4O/c14-8-5-9-21-22-11(12(15,16)17)24(9)23-10(8)6-1-3-7(4-2-6)25-13(18,19)20/h1-5H. The smallest absolute Gasteiger partial charge is 0.406 e. The highest BCUT2D eigenvalue weighted by Gasteiger charge is 2.38. The van der Waals surface area contributed by atoms with E-state index in [1.54, 1.807) is 0 Å². The minimum absolute atomic E-state index is 0.0434. The normalized spacial score (nSPS) is 12.6. The molecule has 2 heterocycles. The molecule has 2 aromatic heterocycles. The van der Waals surface area contributed by atoms with Gasteiger partial charge in [-0.3, -0.25) is 0 Å². The Morgan fingerprint density at radius 2 is 1.60 bits per heavy atom. The fourth-order valence-corrected chi connectivity index (χ4v) is 2.24. The molecule has 0 unspecified atom stereocenters. The van der Waals surface area contributed by atoms with Crippen LogP contribution in [0.1, 0.15) is 5.82 Å². The molecule has 0 aliphatic rings. The molecule has 0 spiro atoms. The fraction of sp³-hybridized carbons (Fsp3) is 0.154. The van der Waals surface area contributed by atoms with E-state index in [0.717, 1.165) is 18.2 Å². The summed E-state index contributed by atoms with van der Waals surface area (Å²) in [5.74, 6) is -1.84. The third-order valence-corrected chi connectivity index (χ3v) is 3.25. The number of ether oxygens (including phenoxy) is 1. The number of hydrogen-bond donors (Lipinski definition) is 0. The first-order valence-corrected chi connectivity index (χ1v) is 6.78. The molecule has 0 bridgehead atoms. The summed E-state index contributed by atoms with van der Waals surface area (Å²) in [4.78, 5) is 0. The monoisotopic (exact) mass is 382 g/mol. The Hall–Kier alpha value is -2.56. The van der Waals surface area contributed by atoms with Crippen LogP contribution >= 0.6 is 11.6 Å². The Bertz CT molecular complexity index is 919. The van der Waals surface area contributed by atoms with Crippen LogP contribution in [0.25, 0.3) is 16.9 Å². The first-order valence-electron chi connectivity index (χ1n) is 6.40. The van der Waals surface area contributed by atoms with Crippen molar-refractivity contribution < 1.29 is 31.1 Å². The second-order valence-corrected chi connectivity index (χ2v) is 5.11. The molecule has 5 nitrogen and oxygen atoms in total. The van der Waals surface area contributed by atoms with Crippen molar-refractivity contribution in [2.45, 2.75) is 12.5 Å². The molecule has 0 amide bonds. The molecular formula is C13H5ClF6N4O. The summed E-state index contributed by atoms with van der Waals surface area (Å²) in [6, 6.07) is 5.45. The molecule has 0 atom stereocenters. The van der Waals surface area contributed by atoms with Gasteiger partial charge in [0.15, 0.2) is 5.65 Å². The number of hydrogen-bond acceptors (Lipinski definition) is 4. The Morgan fingerprint density at radius 1 is 0.960 bits per heavy atom. The molecular weight excluding hydrogens is 378 g/mol. The molecule has 132 valence electrons. The van der Waals surface area contributed by atoms with Crippen LogP contribution < -0.4 is 4.74 Å². The van der Waals surface area contributed by atoms with Gasteiger partial charge >= 0.3 is 12.5 Å². The number of fused-ring (bicyclic) bond motifs is 1. The molecule has 0 aliphatic heterocycles. The number of aromatic nitrogens is 4. The van der Waals surface area contributed by atoms with Gasteiger partial charge in [-0.25, -0.2) is 0 Å². The summed E-state index contributed by atoms with van der Waals surface area (Å²) >= 11 is 5.97. The molecule has 0 radical (unpaired) electrons. The summed E-state index contributed by atoms with van der Waals surface area (Å²) in [6.45, 7) is 0. The lowest BCUT2D eigenvalue weighted by atomic mass is 10.1. The average Bonchev–Trinajstić information content (AvgIpc) is 2.88. The number of rotatable bonds is 2.